The Morgan fingerprint density at radius 1 is 1.14 bits per heavy atom. The first kappa shape index (κ1) is 19.8. The van der Waals surface area contributed by atoms with E-state index in [0.29, 0.717) is 24.9 Å². The fraction of sp³-hybridized carbons (Fsp3) is 0.421. The van der Waals surface area contributed by atoms with Crippen molar-refractivity contribution < 1.29 is 19.4 Å². The van der Waals surface area contributed by atoms with Crippen LogP contribution in [0.4, 0.5) is 0 Å². The first-order valence-electron chi connectivity index (χ1n) is 9.14. The Labute approximate surface area is 162 Å². The van der Waals surface area contributed by atoms with Gasteiger partial charge in [-0.05, 0) is 31.0 Å². The molecule has 0 saturated carbocycles. The highest BCUT2D eigenvalue weighted by molar-refractivity contribution is 5.94. The van der Waals surface area contributed by atoms with Crippen LogP contribution in [0.5, 0.6) is 0 Å². The third-order valence-corrected chi connectivity index (χ3v) is 4.58. The van der Waals surface area contributed by atoms with Crippen LogP contribution in [-0.2, 0) is 16.1 Å². The first-order valence-corrected chi connectivity index (χ1v) is 9.14. The van der Waals surface area contributed by atoms with Gasteiger partial charge in [0.15, 0.2) is 0 Å². The summed E-state index contributed by atoms with van der Waals surface area (Å²) in [5.41, 5.74) is 1.22. The van der Waals surface area contributed by atoms with Crippen molar-refractivity contribution >= 4 is 11.8 Å². The zero-order chi connectivity index (χ0) is 19.8. The maximum atomic E-state index is 12.3. The monoisotopic (exact) mass is 385 g/mol. The van der Waals surface area contributed by atoms with Gasteiger partial charge in [0.05, 0.1) is 37.4 Å². The lowest BCUT2D eigenvalue weighted by Crippen LogP contribution is -2.51. The Hall–Kier alpha value is -2.91. The van der Waals surface area contributed by atoms with E-state index in [0.717, 1.165) is 5.69 Å². The summed E-state index contributed by atoms with van der Waals surface area (Å²) in [5.74, 6) is -0.393. The molecule has 2 aromatic rings. The van der Waals surface area contributed by atoms with Crippen LogP contribution in [0, 0.1) is 0 Å². The van der Waals surface area contributed by atoms with E-state index >= 15 is 0 Å². The van der Waals surface area contributed by atoms with Crippen LogP contribution in [0.2, 0.25) is 0 Å². The summed E-state index contributed by atoms with van der Waals surface area (Å²) in [6, 6.07) is 4.66. The molecular weight excluding hydrogens is 362 g/mol. The summed E-state index contributed by atoms with van der Waals surface area (Å²) < 4.78 is 5.84. The Kier molecular flexibility index (Phi) is 6.99. The molecular formula is C19H23N5O4. The molecule has 0 radical (unpaired) electrons. The van der Waals surface area contributed by atoms with Gasteiger partial charge in [0.1, 0.15) is 12.4 Å². The summed E-state index contributed by atoms with van der Waals surface area (Å²) >= 11 is 0. The highest BCUT2D eigenvalue weighted by Gasteiger charge is 2.33. The van der Waals surface area contributed by atoms with Crippen molar-refractivity contribution in [3.8, 4) is 0 Å². The number of pyridine rings is 1. The van der Waals surface area contributed by atoms with E-state index in [1.165, 1.54) is 6.33 Å². The second-order valence-electron chi connectivity index (χ2n) is 6.55. The Morgan fingerprint density at radius 3 is 2.64 bits per heavy atom. The van der Waals surface area contributed by atoms with Gasteiger partial charge in [-0.2, -0.15) is 0 Å². The number of aromatic nitrogens is 3. The lowest BCUT2D eigenvalue weighted by atomic mass is 9.96. The highest BCUT2D eigenvalue weighted by atomic mass is 16.5. The molecule has 3 rings (SSSR count). The molecule has 3 atom stereocenters. The molecule has 3 N–H and O–H groups in total. The van der Waals surface area contributed by atoms with Gasteiger partial charge in [-0.3, -0.25) is 14.6 Å². The van der Waals surface area contributed by atoms with Crippen LogP contribution in [0.1, 0.15) is 35.3 Å². The van der Waals surface area contributed by atoms with E-state index in [2.05, 4.69) is 25.6 Å². The molecule has 9 nitrogen and oxygen atoms in total. The molecule has 1 saturated heterocycles. The van der Waals surface area contributed by atoms with Crippen LogP contribution in [0.3, 0.4) is 0 Å². The fourth-order valence-electron chi connectivity index (χ4n) is 3.09. The lowest BCUT2D eigenvalue weighted by Gasteiger charge is -2.36. The van der Waals surface area contributed by atoms with E-state index in [1.54, 1.807) is 36.8 Å². The molecule has 148 valence electrons. The maximum absolute atomic E-state index is 12.3. The van der Waals surface area contributed by atoms with Gasteiger partial charge in [-0.15, -0.1) is 0 Å². The minimum Gasteiger partial charge on any atom is -0.394 e. The summed E-state index contributed by atoms with van der Waals surface area (Å²) in [6.45, 7) is 0.0858. The Morgan fingerprint density at radius 2 is 1.93 bits per heavy atom. The molecule has 28 heavy (non-hydrogen) atoms. The molecule has 0 bridgehead atoms. The van der Waals surface area contributed by atoms with Gasteiger partial charge < -0.3 is 20.5 Å². The predicted octanol–water partition coefficient (Wildman–Crippen LogP) is 0.216. The first-order chi connectivity index (χ1) is 13.7. The second kappa shape index (κ2) is 9.86. The largest absolute Gasteiger partial charge is 0.394 e. The van der Waals surface area contributed by atoms with Crippen LogP contribution in [0.15, 0.2) is 43.1 Å². The smallest absolute Gasteiger partial charge is 0.251 e. The zero-order valence-electron chi connectivity index (χ0n) is 15.3. The number of aliphatic hydroxyl groups is 1. The second-order valence-corrected chi connectivity index (χ2v) is 6.55. The summed E-state index contributed by atoms with van der Waals surface area (Å²) in [6.07, 6.45) is 6.69. The van der Waals surface area contributed by atoms with Crippen molar-refractivity contribution in [1.29, 1.82) is 0 Å². The number of rotatable bonds is 7. The minimum atomic E-state index is -0.556. The Bertz CT molecular complexity index is 774. The van der Waals surface area contributed by atoms with Gasteiger partial charge in [-0.25, -0.2) is 9.97 Å². The highest BCUT2D eigenvalue weighted by Crippen LogP contribution is 2.22. The van der Waals surface area contributed by atoms with Gasteiger partial charge >= 0.3 is 0 Å². The molecule has 0 spiro atoms. The topological polar surface area (TPSA) is 126 Å². The number of nitrogens with zero attached hydrogens (tertiary/aromatic N) is 3. The fourth-order valence-corrected chi connectivity index (χ4v) is 3.09. The average molecular weight is 385 g/mol. The van der Waals surface area contributed by atoms with E-state index in [-0.39, 0.29) is 37.0 Å². The van der Waals surface area contributed by atoms with Crippen LogP contribution >= 0.6 is 0 Å². The van der Waals surface area contributed by atoms with Gasteiger partial charge in [-0.1, -0.05) is 0 Å². The number of amides is 2. The number of carbonyl (C=O) groups is 2. The molecule has 2 aromatic heterocycles. The third-order valence-electron chi connectivity index (χ3n) is 4.58. The van der Waals surface area contributed by atoms with Gasteiger partial charge in [0.25, 0.3) is 5.91 Å². The van der Waals surface area contributed by atoms with Crippen molar-refractivity contribution in [3.63, 3.8) is 0 Å². The van der Waals surface area contributed by atoms with E-state index in [1.807, 2.05) is 0 Å². The number of aliphatic hydroxyl groups excluding tert-OH is 1. The number of nitrogens with one attached hydrogen (secondary N) is 2. The number of hydrogen-bond donors (Lipinski definition) is 3. The van der Waals surface area contributed by atoms with Crippen molar-refractivity contribution in [2.45, 2.75) is 44.1 Å². The molecule has 1 aliphatic heterocycles. The zero-order valence-corrected chi connectivity index (χ0v) is 15.3. The summed E-state index contributed by atoms with van der Waals surface area (Å²) in [7, 11) is 0. The maximum Gasteiger partial charge on any atom is 0.251 e. The Balaban J connectivity index is 1.47. The van der Waals surface area contributed by atoms with E-state index in [4.69, 9.17) is 4.74 Å². The molecule has 0 aromatic carbocycles. The van der Waals surface area contributed by atoms with Crippen molar-refractivity contribution in [3.05, 3.63) is 54.4 Å². The van der Waals surface area contributed by atoms with Gasteiger partial charge in [0, 0.05) is 24.2 Å². The predicted molar refractivity (Wildman–Crippen MR) is 99.0 cm³/mol. The van der Waals surface area contributed by atoms with E-state index in [9.17, 15) is 14.7 Å². The normalized spacial score (nSPS) is 21.7. The van der Waals surface area contributed by atoms with E-state index < -0.39 is 6.10 Å². The standard InChI is InChI=1S/C19H23N5O4/c25-11-17-16(24-19(27)13-3-6-20-7-4-13)2-1-15(28-17)9-18(26)22-10-14-5-8-21-12-23-14/h3-8,12,15-17,25H,1-2,9-11H2,(H,22,26)(H,24,27)/t15-,16-,17-/m1/s1. The lowest BCUT2D eigenvalue weighted by molar-refractivity contribution is -0.131. The molecule has 9 heteroatoms. The number of carbonyl (C=O) groups excluding carboxylic acids is 2. The summed E-state index contributed by atoms with van der Waals surface area (Å²) in [5, 5.41) is 15.3. The molecule has 2 amide bonds. The van der Waals surface area contributed by atoms with Crippen LogP contribution in [0.25, 0.3) is 0 Å². The molecule has 1 fully saturated rings. The summed E-state index contributed by atoms with van der Waals surface area (Å²) in [4.78, 5) is 36.2. The van der Waals surface area contributed by atoms with Crippen molar-refractivity contribution in [1.82, 2.24) is 25.6 Å². The molecule has 0 unspecified atom stereocenters. The quantitative estimate of drug-likeness (QED) is 0.622. The molecule has 1 aliphatic rings. The molecule has 3 heterocycles. The molecule has 0 aliphatic carbocycles. The van der Waals surface area contributed by atoms with Gasteiger partial charge in [0.2, 0.25) is 5.91 Å². The minimum absolute atomic E-state index is 0.153. The van der Waals surface area contributed by atoms with Crippen molar-refractivity contribution in [2.24, 2.45) is 0 Å². The SMILES string of the molecule is O=C(C[C@H]1CC[C@@H](NC(=O)c2ccncc2)[C@@H](CO)O1)NCc1ccncn1. The third kappa shape index (κ3) is 5.54. The van der Waals surface area contributed by atoms with Crippen LogP contribution in [-0.4, -0.2) is 56.7 Å². The number of ether oxygens (including phenoxy) is 1. The number of hydrogen-bond acceptors (Lipinski definition) is 7. The van der Waals surface area contributed by atoms with Crippen LogP contribution < -0.4 is 10.6 Å². The average Bonchev–Trinajstić information content (AvgIpc) is 2.74. The van der Waals surface area contributed by atoms with Crippen molar-refractivity contribution in [2.75, 3.05) is 6.61 Å².